The highest BCUT2D eigenvalue weighted by Gasteiger charge is 2.04. The van der Waals surface area contributed by atoms with E-state index in [0.717, 1.165) is 16.3 Å². The Labute approximate surface area is 97.2 Å². The van der Waals surface area contributed by atoms with Gasteiger partial charge in [0.2, 0.25) is 0 Å². The molecule has 0 aliphatic rings. The Balaban J connectivity index is 2.56. The summed E-state index contributed by atoms with van der Waals surface area (Å²) in [6, 6.07) is 12.3. The number of benzene rings is 2. The van der Waals surface area contributed by atoms with Gasteiger partial charge in [-0.1, -0.05) is 47.1 Å². The number of aldehydes is 1. The van der Waals surface area contributed by atoms with Crippen LogP contribution in [0.4, 0.5) is 0 Å². The molecule has 2 heteroatoms. The van der Waals surface area contributed by atoms with E-state index in [4.69, 9.17) is 0 Å². The van der Waals surface area contributed by atoms with E-state index < -0.39 is 0 Å². The van der Waals surface area contributed by atoms with Crippen LogP contribution in [0.15, 0.2) is 40.9 Å². The molecule has 2 aromatic rings. The third-order valence-electron chi connectivity index (χ3n) is 2.56. The van der Waals surface area contributed by atoms with E-state index in [1.165, 1.54) is 10.8 Å². The van der Waals surface area contributed by atoms with Crippen LogP contribution in [0.1, 0.15) is 18.4 Å². The fourth-order valence-electron chi connectivity index (χ4n) is 1.60. The second-order valence-corrected chi connectivity index (χ2v) is 4.59. The Hall–Kier alpha value is -1.15. The molecule has 1 unspecified atom stereocenters. The molecule has 0 aliphatic carbocycles. The molecule has 1 nitrogen and oxygen atoms in total. The number of carbonyl (C=O) groups is 1. The summed E-state index contributed by atoms with van der Waals surface area (Å²) in [5.74, 6) is -0.0296. The summed E-state index contributed by atoms with van der Waals surface area (Å²) in [4.78, 5) is 10.7. The first-order valence-electron chi connectivity index (χ1n) is 4.85. The molecular weight excluding hydrogens is 252 g/mol. The van der Waals surface area contributed by atoms with Crippen molar-refractivity contribution in [1.82, 2.24) is 0 Å². The van der Waals surface area contributed by atoms with Crippen molar-refractivity contribution in [2.45, 2.75) is 12.8 Å². The van der Waals surface area contributed by atoms with Crippen LogP contribution >= 0.6 is 15.9 Å². The Kier molecular flexibility index (Phi) is 2.87. The van der Waals surface area contributed by atoms with Gasteiger partial charge in [0.05, 0.1) is 0 Å². The van der Waals surface area contributed by atoms with Crippen LogP contribution in [0.5, 0.6) is 0 Å². The van der Waals surface area contributed by atoms with Crippen LogP contribution < -0.4 is 0 Å². The van der Waals surface area contributed by atoms with E-state index in [1.54, 1.807) is 0 Å². The van der Waals surface area contributed by atoms with Gasteiger partial charge in [0, 0.05) is 10.4 Å². The molecule has 76 valence electrons. The van der Waals surface area contributed by atoms with Crippen molar-refractivity contribution in [3.63, 3.8) is 0 Å². The van der Waals surface area contributed by atoms with E-state index in [-0.39, 0.29) is 5.92 Å². The topological polar surface area (TPSA) is 17.1 Å². The third-order valence-corrected chi connectivity index (χ3v) is 3.05. The van der Waals surface area contributed by atoms with Crippen LogP contribution in [0, 0.1) is 0 Å². The third kappa shape index (κ3) is 2.10. The van der Waals surface area contributed by atoms with Gasteiger partial charge in [-0.25, -0.2) is 0 Å². The van der Waals surface area contributed by atoms with Gasteiger partial charge < -0.3 is 4.79 Å². The molecular formula is C13H11BrO. The minimum Gasteiger partial charge on any atom is -0.303 e. The molecule has 0 saturated heterocycles. The Bertz CT molecular complexity index is 505. The maximum Gasteiger partial charge on any atom is 0.127 e. The number of carbonyl (C=O) groups excluding carboxylic acids is 1. The molecule has 0 heterocycles. The highest BCUT2D eigenvalue weighted by Crippen LogP contribution is 2.23. The molecule has 1 atom stereocenters. The van der Waals surface area contributed by atoms with Crippen LogP contribution in [-0.2, 0) is 4.79 Å². The quantitative estimate of drug-likeness (QED) is 0.751. The van der Waals surface area contributed by atoms with E-state index in [9.17, 15) is 4.79 Å². The van der Waals surface area contributed by atoms with Crippen LogP contribution in [0.2, 0.25) is 0 Å². The van der Waals surface area contributed by atoms with Crippen molar-refractivity contribution < 1.29 is 4.79 Å². The van der Waals surface area contributed by atoms with Crippen molar-refractivity contribution in [2.24, 2.45) is 0 Å². The van der Waals surface area contributed by atoms with Gasteiger partial charge in [-0.05, 0) is 28.5 Å². The Morgan fingerprint density at radius 3 is 2.53 bits per heavy atom. The zero-order valence-corrected chi connectivity index (χ0v) is 9.99. The molecule has 2 aromatic carbocycles. The average Bonchev–Trinajstić information content (AvgIpc) is 2.27. The zero-order valence-electron chi connectivity index (χ0n) is 8.41. The monoisotopic (exact) mass is 262 g/mol. The number of hydrogen-bond donors (Lipinski definition) is 0. The van der Waals surface area contributed by atoms with Crippen molar-refractivity contribution in [3.05, 3.63) is 46.4 Å². The van der Waals surface area contributed by atoms with Gasteiger partial charge in [-0.15, -0.1) is 0 Å². The van der Waals surface area contributed by atoms with Crippen molar-refractivity contribution >= 4 is 33.0 Å². The maximum absolute atomic E-state index is 10.7. The molecule has 0 aromatic heterocycles. The lowest BCUT2D eigenvalue weighted by molar-refractivity contribution is -0.108. The second kappa shape index (κ2) is 4.15. The lowest BCUT2D eigenvalue weighted by Crippen LogP contribution is -1.93. The number of rotatable bonds is 2. The number of fused-ring (bicyclic) bond motifs is 1. The molecule has 0 saturated carbocycles. The van der Waals surface area contributed by atoms with E-state index in [0.29, 0.717) is 0 Å². The summed E-state index contributed by atoms with van der Waals surface area (Å²) in [6.07, 6.45) is 0.972. The van der Waals surface area contributed by atoms with Crippen molar-refractivity contribution in [2.75, 3.05) is 0 Å². The maximum atomic E-state index is 10.7. The SMILES string of the molecule is CC(C=O)c1ccc2cc(Br)ccc2c1. The second-order valence-electron chi connectivity index (χ2n) is 3.68. The average molecular weight is 263 g/mol. The fraction of sp³-hybridized carbons (Fsp3) is 0.154. The summed E-state index contributed by atoms with van der Waals surface area (Å²) < 4.78 is 1.08. The minimum atomic E-state index is -0.0296. The highest BCUT2D eigenvalue weighted by molar-refractivity contribution is 9.10. The lowest BCUT2D eigenvalue weighted by Gasteiger charge is -2.06. The predicted molar refractivity (Wildman–Crippen MR) is 66.1 cm³/mol. The smallest absolute Gasteiger partial charge is 0.127 e. The number of halogens is 1. The number of hydrogen-bond acceptors (Lipinski definition) is 1. The summed E-state index contributed by atoms with van der Waals surface area (Å²) >= 11 is 3.44. The van der Waals surface area contributed by atoms with E-state index in [2.05, 4.69) is 40.2 Å². The van der Waals surface area contributed by atoms with Crippen molar-refractivity contribution in [3.8, 4) is 0 Å². The first-order chi connectivity index (χ1) is 7.20. The van der Waals surface area contributed by atoms with E-state index in [1.807, 2.05) is 19.1 Å². The normalized spacial score (nSPS) is 12.7. The van der Waals surface area contributed by atoms with Crippen LogP contribution in [0.25, 0.3) is 10.8 Å². The molecule has 0 spiro atoms. The minimum absolute atomic E-state index is 0.0296. The summed E-state index contributed by atoms with van der Waals surface area (Å²) in [6.45, 7) is 1.91. The van der Waals surface area contributed by atoms with Gasteiger partial charge >= 0.3 is 0 Å². The molecule has 0 amide bonds. The standard InChI is InChI=1S/C13H11BrO/c1-9(8-15)10-2-3-12-7-13(14)5-4-11(12)6-10/h2-9H,1H3. The van der Waals surface area contributed by atoms with Gasteiger partial charge in [0.1, 0.15) is 6.29 Å². The van der Waals surface area contributed by atoms with Gasteiger partial charge in [0.25, 0.3) is 0 Å². The molecule has 2 rings (SSSR count). The van der Waals surface area contributed by atoms with Crippen molar-refractivity contribution in [1.29, 1.82) is 0 Å². The van der Waals surface area contributed by atoms with Crippen LogP contribution in [-0.4, -0.2) is 6.29 Å². The first-order valence-corrected chi connectivity index (χ1v) is 5.64. The lowest BCUT2D eigenvalue weighted by atomic mass is 9.99. The highest BCUT2D eigenvalue weighted by atomic mass is 79.9. The fourth-order valence-corrected chi connectivity index (χ4v) is 1.98. The molecule has 0 fully saturated rings. The van der Waals surface area contributed by atoms with E-state index >= 15 is 0 Å². The Morgan fingerprint density at radius 2 is 1.80 bits per heavy atom. The summed E-state index contributed by atoms with van der Waals surface area (Å²) in [5, 5.41) is 2.36. The summed E-state index contributed by atoms with van der Waals surface area (Å²) in [7, 11) is 0. The molecule has 15 heavy (non-hydrogen) atoms. The predicted octanol–water partition coefficient (Wildman–Crippen LogP) is 3.90. The molecule has 0 bridgehead atoms. The van der Waals surface area contributed by atoms with Gasteiger partial charge in [-0.3, -0.25) is 0 Å². The summed E-state index contributed by atoms with van der Waals surface area (Å²) in [5.41, 5.74) is 1.07. The van der Waals surface area contributed by atoms with Crippen LogP contribution in [0.3, 0.4) is 0 Å². The first kappa shape index (κ1) is 10.4. The molecule has 0 radical (unpaired) electrons. The molecule has 0 N–H and O–H groups in total. The van der Waals surface area contributed by atoms with Gasteiger partial charge in [0.15, 0.2) is 0 Å². The van der Waals surface area contributed by atoms with Gasteiger partial charge in [-0.2, -0.15) is 0 Å². The largest absolute Gasteiger partial charge is 0.303 e. The molecule has 0 aliphatic heterocycles. The zero-order chi connectivity index (χ0) is 10.8. The Morgan fingerprint density at radius 1 is 1.13 bits per heavy atom.